The molecule has 2 heterocycles. The standard InChI is InChI=1S/C13H20N2O4/c1-9-12(10(2)19-14-9)3-4-13(17)15-5-6-18-8-11(16)7-15/h11,16H,3-8H2,1-2H3. The number of aryl methyl sites for hydroxylation is 2. The Hall–Kier alpha value is -1.40. The van der Waals surface area contributed by atoms with Gasteiger partial charge < -0.3 is 19.3 Å². The van der Waals surface area contributed by atoms with Crippen molar-refractivity contribution < 1.29 is 19.2 Å². The predicted octanol–water partition coefficient (Wildman–Crippen LogP) is 0.444. The number of β-amino-alcohol motifs (C(OH)–C–C–N with tert-alkyl or cyclic N) is 1. The van der Waals surface area contributed by atoms with E-state index in [-0.39, 0.29) is 5.91 Å². The fraction of sp³-hybridized carbons (Fsp3) is 0.692. The van der Waals surface area contributed by atoms with Crippen LogP contribution in [0.4, 0.5) is 0 Å². The second-order valence-electron chi connectivity index (χ2n) is 4.87. The fourth-order valence-electron chi connectivity index (χ4n) is 2.27. The van der Waals surface area contributed by atoms with Gasteiger partial charge in [-0.2, -0.15) is 0 Å². The summed E-state index contributed by atoms with van der Waals surface area (Å²) in [6.45, 7) is 5.39. The van der Waals surface area contributed by atoms with Crippen LogP contribution < -0.4 is 0 Å². The average Bonchev–Trinajstić information content (AvgIpc) is 2.58. The number of hydrogen-bond acceptors (Lipinski definition) is 5. The molecular formula is C13H20N2O4. The van der Waals surface area contributed by atoms with Gasteiger partial charge in [-0.25, -0.2) is 0 Å². The number of ether oxygens (including phenoxy) is 1. The number of aliphatic hydroxyl groups is 1. The maximum absolute atomic E-state index is 12.1. The Kier molecular flexibility index (Phi) is 4.55. The van der Waals surface area contributed by atoms with Crippen molar-refractivity contribution in [1.82, 2.24) is 10.1 Å². The van der Waals surface area contributed by atoms with E-state index < -0.39 is 6.10 Å². The van der Waals surface area contributed by atoms with Gasteiger partial charge in [0.1, 0.15) is 5.76 Å². The number of carbonyl (C=O) groups excluding carboxylic acids is 1. The monoisotopic (exact) mass is 268 g/mol. The first kappa shape index (κ1) is 14.0. The third-order valence-corrected chi connectivity index (χ3v) is 3.37. The van der Waals surface area contributed by atoms with E-state index >= 15 is 0 Å². The van der Waals surface area contributed by atoms with E-state index in [1.54, 1.807) is 4.90 Å². The Morgan fingerprint density at radius 3 is 3.00 bits per heavy atom. The topological polar surface area (TPSA) is 75.8 Å². The molecule has 19 heavy (non-hydrogen) atoms. The van der Waals surface area contributed by atoms with E-state index in [0.717, 1.165) is 17.0 Å². The van der Waals surface area contributed by atoms with Gasteiger partial charge in [0.25, 0.3) is 0 Å². The van der Waals surface area contributed by atoms with Crippen molar-refractivity contribution in [3.05, 3.63) is 17.0 Å². The molecule has 0 aliphatic carbocycles. The Labute approximate surface area is 112 Å². The molecule has 6 nitrogen and oxygen atoms in total. The molecular weight excluding hydrogens is 248 g/mol. The summed E-state index contributed by atoms with van der Waals surface area (Å²) in [5.41, 5.74) is 1.84. The highest BCUT2D eigenvalue weighted by Gasteiger charge is 2.21. The van der Waals surface area contributed by atoms with Crippen LogP contribution in [-0.4, -0.2) is 53.5 Å². The Morgan fingerprint density at radius 2 is 2.32 bits per heavy atom. The van der Waals surface area contributed by atoms with Gasteiger partial charge in [0, 0.05) is 25.1 Å². The van der Waals surface area contributed by atoms with Gasteiger partial charge in [0.15, 0.2) is 0 Å². The van der Waals surface area contributed by atoms with Crippen molar-refractivity contribution in [1.29, 1.82) is 0 Å². The zero-order valence-electron chi connectivity index (χ0n) is 11.4. The molecule has 1 aliphatic rings. The highest BCUT2D eigenvalue weighted by Crippen LogP contribution is 2.15. The second-order valence-corrected chi connectivity index (χ2v) is 4.87. The number of aliphatic hydroxyl groups excluding tert-OH is 1. The zero-order valence-corrected chi connectivity index (χ0v) is 11.4. The van der Waals surface area contributed by atoms with Crippen LogP contribution >= 0.6 is 0 Å². The number of nitrogens with zero attached hydrogens (tertiary/aromatic N) is 2. The number of amides is 1. The van der Waals surface area contributed by atoms with Crippen LogP contribution in [0.25, 0.3) is 0 Å². The maximum Gasteiger partial charge on any atom is 0.223 e. The van der Waals surface area contributed by atoms with Crippen molar-refractivity contribution >= 4 is 5.91 Å². The third kappa shape index (κ3) is 3.54. The minimum absolute atomic E-state index is 0.0320. The number of aromatic nitrogens is 1. The number of rotatable bonds is 3. The van der Waals surface area contributed by atoms with Crippen molar-refractivity contribution in [2.75, 3.05) is 26.3 Å². The minimum Gasteiger partial charge on any atom is -0.389 e. The van der Waals surface area contributed by atoms with Crippen molar-refractivity contribution in [3.63, 3.8) is 0 Å². The van der Waals surface area contributed by atoms with Crippen LogP contribution in [0.5, 0.6) is 0 Å². The van der Waals surface area contributed by atoms with Gasteiger partial charge in [-0.1, -0.05) is 5.16 Å². The molecule has 1 saturated heterocycles. The van der Waals surface area contributed by atoms with Gasteiger partial charge in [0.05, 0.1) is 25.0 Å². The lowest BCUT2D eigenvalue weighted by Crippen LogP contribution is -2.37. The molecule has 0 spiro atoms. The van der Waals surface area contributed by atoms with E-state index in [9.17, 15) is 9.90 Å². The van der Waals surface area contributed by atoms with Gasteiger partial charge >= 0.3 is 0 Å². The van der Waals surface area contributed by atoms with Crippen LogP contribution in [-0.2, 0) is 16.0 Å². The molecule has 1 unspecified atom stereocenters. The van der Waals surface area contributed by atoms with E-state index in [0.29, 0.717) is 39.1 Å². The molecule has 2 rings (SSSR count). The number of carbonyl (C=O) groups is 1. The molecule has 1 N–H and O–H groups in total. The van der Waals surface area contributed by atoms with Crippen molar-refractivity contribution in [3.8, 4) is 0 Å². The molecule has 1 fully saturated rings. The molecule has 1 amide bonds. The van der Waals surface area contributed by atoms with Crippen LogP contribution in [0.3, 0.4) is 0 Å². The first-order valence-electron chi connectivity index (χ1n) is 6.53. The van der Waals surface area contributed by atoms with Gasteiger partial charge in [-0.05, 0) is 20.3 Å². The summed E-state index contributed by atoms with van der Waals surface area (Å²) in [5, 5.41) is 13.5. The maximum atomic E-state index is 12.1. The summed E-state index contributed by atoms with van der Waals surface area (Å²) in [5.74, 6) is 0.800. The summed E-state index contributed by atoms with van der Waals surface area (Å²) in [7, 11) is 0. The van der Waals surface area contributed by atoms with E-state index in [2.05, 4.69) is 5.16 Å². The fourth-order valence-corrected chi connectivity index (χ4v) is 2.27. The van der Waals surface area contributed by atoms with Crippen molar-refractivity contribution in [2.24, 2.45) is 0 Å². The van der Waals surface area contributed by atoms with E-state index in [1.165, 1.54) is 0 Å². The lowest BCUT2D eigenvalue weighted by atomic mass is 10.1. The third-order valence-electron chi connectivity index (χ3n) is 3.37. The summed E-state index contributed by atoms with van der Waals surface area (Å²) in [4.78, 5) is 13.8. The molecule has 1 aromatic rings. The van der Waals surface area contributed by atoms with Crippen LogP contribution in [0.15, 0.2) is 4.52 Å². The molecule has 0 radical (unpaired) electrons. The largest absolute Gasteiger partial charge is 0.389 e. The SMILES string of the molecule is Cc1noc(C)c1CCC(=O)N1CCOCC(O)C1. The van der Waals surface area contributed by atoms with Gasteiger partial charge in [-0.3, -0.25) is 4.79 Å². The molecule has 0 aromatic carbocycles. The molecule has 0 bridgehead atoms. The smallest absolute Gasteiger partial charge is 0.223 e. The Morgan fingerprint density at radius 1 is 1.53 bits per heavy atom. The molecule has 0 saturated carbocycles. The van der Waals surface area contributed by atoms with E-state index in [4.69, 9.17) is 9.26 Å². The minimum atomic E-state index is -0.592. The molecule has 1 aliphatic heterocycles. The average molecular weight is 268 g/mol. The first-order chi connectivity index (χ1) is 9.08. The zero-order chi connectivity index (χ0) is 13.8. The quantitative estimate of drug-likeness (QED) is 0.861. The molecule has 106 valence electrons. The normalized spacial score (nSPS) is 20.4. The second kappa shape index (κ2) is 6.16. The summed E-state index contributed by atoms with van der Waals surface area (Å²) < 4.78 is 10.3. The Balaban J connectivity index is 1.90. The predicted molar refractivity (Wildman–Crippen MR) is 67.7 cm³/mol. The molecule has 6 heteroatoms. The Bertz CT molecular complexity index is 424. The summed E-state index contributed by atoms with van der Waals surface area (Å²) in [6.07, 6.45) is 0.425. The van der Waals surface area contributed by atoms with Gasteiger partial charge in [-0.15, -0.1) is 0 Å². The first-order valence-corrected chi connectivity index (χ1v) is 6.53. The van der Waals surface area contributed by atoms with Crippen LogP contribution in [0.1, 0.15) is 23.4 Å². The van der Waals surface area contributed by atoms with Crippen LogP contribution in [0, 0.1) is 13.8 Å². The molecule has 1 atom stereocenters. The van der Waals surface area contributed by atoms with Crippen LogP contribution in [0.2, 0.25) is 0 Å². The molecule has 1 aromatic heterocycles. The van der Waals surface area contributed by atoms with Crippen molar-refractivity contribution in [2.45, 2.75) is 32.8 Å². The van der Waals surface area contributed by atoms with E-state index in [1.807, 2.05) is 13.8 Å². The summed E-state index contributed by atoms with van der Waals surface area (Å²) >= 11 is 0. The highest BCUT2D eigenvalue weighted by atomic mass is 16.5. The van der Waals surface area contributed by atoms with Gasteiger partial charge in [0.2, 0.25) is 5.91 Å². The summed E-state index contributed by atoms with van der Waals surface area (Å²) in [6, 6.07) is 0. The lowest BCUT2D eigenvalue weighted by molar-refractivity contribution is -0.132. The highest BCUT2D eigenvalue weighted by molar-refractivity contribution is 5.76. The number of hydrogen-bond donors (Lipinski definition) is 1. The lowest BCUT2D eigenvalue weighted by Gasteiger charge is -2.21.